The van der Waals surface area contributed by atoms with Crippen LogP contribution >= 0.6 is 11.3 Å². The van der Waals surface area contributed by atoms with Crippen LogP contribution in [0.2, 0.25) is 0 Å². The van der Waals surface area contributed by atoms with E-state index < -0.39 is 16.0 Å². The highest BCUT2D eigenvalue weighted by molar-refractivity contribution is 7.92. The Bertz CT molecular complexity index is 1190. The monoisotopic (exact) mass is 448 g/mol. The number of aromatic carboxylic acids is 1. The zero-order valence-electron chi connectivity index (χ0n) is 16.7. The number of halogens is 1. The minimum atomic E-state index is -4.03. The summed E-state index contributed by atoms with van der Waals surface area (Å²) in [5.41, 5.74) is 1.74. The molecule has 1 heterocycles. The fourth-order valence-electron chi connectivity index (χ4n) is 2.99. The van der Waals surface area contributed by atoms with Crippen molar-refractivity contribution in [1.82, 2.24) is 4.98 Å². The van der Waals surface area contributed by atoms with Gasteiger partial charge < -0.3 is 5.11 Å². The second kappa shape index (κ2) is 8.53. The summed E-state index contributed by atoms with van der Waals surface area (Å²) in [5, 5.41) is 11.6. The molecule has 0 spiro atoms. The first-order valence-corrected chi connectivity index (χ1v) is 11.6. The van der Waals surface area contributed by atoms with Gasteiger partial charge in [-0.25, -0.2) is 26.9 Å². The quantitative estimate of drug-likeness (QED) is 0.557. The van der Waals surface area contributed by atoms with Gasteiger partial charge in [0.25, 0.3) is 10.0 Å². The predicted molar refractivity (Wildman–Crippen MR) is 115 cm³/mol. The fourth-order valence-corrected chi connectivity index (χ4v) is 5.48. The van der Waals surface area contributed by atoms with Crippen LogP contribution in [0, 0.1) is 19.7 Å². The maximum atomic E-state index is 13.4. The van der Waals surface area contributed by atoms with Crippen molar-refractivity contribution >= 4 is 33.1 Å². The largest absolute Gasteiger partial charge is 0.478 e. The molecule has 0 atom stereocenters. The first-order chi connectivity index (χ1) is 14.1. The Balaban J connectivity index is 2.06. The van der Waals surface area contributed by atoms with Crippen molar-refractivity contribution in [2.24, 2.45) is 0 Å². The van der Waals surface area contributed by atoms with E-state index in [1.165, 1.54) is 39.9 Å². The Morgan fingerprint density at radius 2 is 1.87 bits per heavy atom. The van der Waals surface area contributed by atoms with E-state index in [0.717, 1.165) is 0 Å². The van der Waals surface area contributed by atoms with Gasteiger partial charge in [-0.15, -0.1) is 11.3 Å². The number of benzene rings is 2. The van der Waals surface area contributed by atoms with Crippen LogP contribution in [0.5, 0.6) is 0 Å². The zero-order chi connectivity index (χ0) is 22.1. The van der Waals surface area contributed by atoms with Crippen molar-refractivity contribution in [3.63, 3.8) is 0 Å². The molecule has 158 valence electrons. The van der Waals surface area contributed by atoms with Crippen molar-refractivity contribution in [2.75, 3.05) is 10.8 Å². The van der Waals surface area contributed by atoms with Gasteiger partial charge in [0, 0.05) is 17.5 Å². The number of rotatable bonds is 7. The number of carboxylic acids is 1. The van der Waals surface area contributed by atoms with Gasteiger partial charge in [-0.1, -0.05) is 6.92 Å². The molecule has 0 unspecified atom stereocenters. The maximum absolute atomic E-state index is 13.4. The molecule has 0 bridgehead atoms. The van der Waals surface area contributed by atoms with Gasteiger partial charge in [0.2, 0.25) is 0 Å². The van der Waals surface area contributed by atoms with E-state index in [9.17, 15) is 22.7 Å². The Kier molecular flexibility index (Phi) is 6.23. The Morgan fingerprint density at radius 1 is 1.20 bits per heavy atom. The summed E-state index contributed by atoms with van der Waals surface area (Å²) in [7, 11) is -4.03. The van der Waals surface area contributed by atoms with Gasteiger partial charge in [0.05, 0.1) is 10.5 Å². The highest BCUT2D eigenvalue weighted by Crippen LogP contribution is 2.32. The molecule has 1 aromatic heterocycles. The lowest BCUT2D eigenvalue weighted by atomic mass is 10.0. The van der Waals surface area contributed by atoms with E-state index in [2.05, 4.69) is 4.98 Å². The van der Waals surface area contributed by atoms with Crippen LogP contribution in [0.25, 0.3) is 10.6 Å². The van der Waals surface area contributed by atoms with E-state index in [0.29, 0.717) is 28.1 Å². The smallest absolute Gasteiger partial charge is 0.336 e. The third kappa shape index (κ3) is 4.22. The average Bonchev–Trinajstić information content (AvgIpc) is 3.17. The fraction of sp³-hybridized carbons (Fsp3) is 0.238. The first kappa shape index (κ1) is 21.9. The molecule has 0 aliphatic heterocycles. The highest BCUT2D eigenvalue weighted by atomic mass is 32.2. The number of sulfonamides is 1. The van der Waals surface area contributed by atoms with Gasteiger partial charge in [0.15, 0.2) is 5.82 Å². The highest BCUT2D eigenvalue weighted by Gasteiger charge is 2.28. The van der Waals surface area contributed by atoms with Crippen molar-refractivity contribution < 1.29 is 22.7 Å². The molecule has 2 aromatic carbocycles. The summed E-state index contributed by atoms with van der Waals surface area (Å²) >= 11 is 1.25. The number of carbonyl (C=O) groups is 1. The van der Waals surface area contributed by atoms with E-state index in [1.54, 1.807) is 31.4 Å². The molecule has 30 heavy (non-hydrogen) atoms. The summed E-state index contributed by atoms with van der Waals surface area (Å²) in [6, 6.07) is 8.47. The third-order valence-corrected chi connectivity index (χ3v) is 7.38. The number of anilines is 1. The van der Waals surface area contributed by atoms with Crippen LogP contribution in [0.15, 0.2) is 46.7 Å². The lowest BCUT2D eigenvalue weighted by molar-refractivity contribution is 0.0695. The lowest BCUT2D eigenvalue weighted by Crippen LogP contribution is -2.32. The van der Waals surface area contributed by atoms with E-state index in [1.807, 2.05) is 6.92 Å². The molecule has 0 fully saturated rings. The topological polar surface area (TPSA) is 87.6 Å². The minimum absolute atomic E-state index is 0.0460. The molecule has 3 aromatic rings. The number of aromatic nitrogens is 1. The number of aryl methyl sites for hydroxylation is 1. The number of hydrogen-bond donors (Lipinski definition) is 1. The van der Waals surface area contributed by atoms with Gasteiger partial charge in [-0.3, -0.25) is 0 Å². The molecule has 0 radical (unpaired) electrons. The van der Waals surface area contributed by atoms with Gasteiger partial charge in [-0.05, 0) is 67.8 Å². The lowest BCUT2D eigenvalue weighted by Gasteiger charge is -2.22. The number of nitrogens with zero attached hydrogens (tertiary/aromatic N) is 2. The molecule has 3 rings (SSSR count). The Labute approximate surface area is 178 Å². The number of hydrogen-bond acceptors (Lipinski definition) is 5. The Hall–Kier alpha value is -2.78. The van der Waals surface area contributed by atoms with Crippen LogP contribution in [0.1, 0.15) is 34.8 Å². The van der Waals surface area contributed by atoms with E-state index in [-0.39, 0.29) is 28.6 Å². The van der Waals surface area contributed by atoms with E-state index >= 15 is 0 Å². The predicted octanol–water partition coefficient (Wildman–Crippen LogP) is 4.87. The number of thiazole rings is 1. The van der Waals surface area contributed by atoms with Crippen molar-refractivity contribution in [3.8, 4) is 10.6 Å². The average molecular weight is 449 g/mol. The normalized spacial score (nSPS) is 11.5. The van der Waals surface area contributed by atoms with Crippen molar-refractivity contribution in [3.05, 3.63) is 64.3 Å². The molecule has 0 saturated heterocycles. The second-order valence-electron chi connectivity index (χ2n) is 6.81. The second-order valence-corrected chi connectivity index (χ2v) is 9.53. The third-order valence-electron chi connectivity index (χ3n) is 4.72. The first-order valence-electron chi connectivity index (χ1n) is 9.24. The molecule has 0 saturated carbocycles. The molecule has 0 aliphatic carbocycles. The van der Waals surface area contributed by atoms with Crippen molar-refractivity contribution in [1.29, 1.82) is 0 Å². The van der Waals surface area contributed by atoms with E-state index in [4.69, 9.17) is 0 Å². The molecule has 0 aliphatic rings. The molecule has 0 amide bonds. The van der Waals surface area contributed by atoms with Gasteiger partial charge in [0.1, 0.15) is 10.8 Å². The zero-order valence-corrected chi connectivity index (χ0v) is 18.3. The summed E-state index contributed by atoms with van der Waals surface area (Å²) in [5.74, 6) is -1.30. The van der Waals surface area contributed by atoms with Crippen LogP contribution in [-0.2, 0) is 10.0 Å². The maximum Gasteiger partial charge on any atom is 0.336 e. The molecule has 1 N–H and O–H groups in total. The number of carboxylic acid groups (broad SMARTS) is 1. The minimum Gasteiger partial charge on any atom is -0.478 e. The molecule has 9 heteroatoms. The van der Waals surface area contributed by atoms with Crippen LogP contribution in [0.3, 0.4) is 0 Å². The van der Waals surface area contributed by atoms with Gasteiger partial charge >= 0.3 is 5.97 Å². The van der Waals surface area contributed by atoms with Crippen LogP contribution in [-0.4, -0.2) is 31.0 Å². The summed E-state index contributed by atoms with van der Waals surface area (Å²) in [6.45, 7) is 5.36. The summed E-state index contributed by atoms with van der Waals surface area (Å²) in [4.78, 5) is 15.9. The standard InChI is InChI=1S/C21H21FN2O4S2/c1-4-9-24(19-12-29-20(23-19)15-5-7-16(22)8-6-15)30(27,28)17-10-13(2)14(3)18(11-17)21(25)26/h5-8,10-12H,4,9H2,1-3H3,(H,25,26). The SMILES string of the molecule is CCCN(c1csc(-c2ccc(F)cc2)n1)S(=O)(=O)c1cc(C)c(C)c(C(=O)O)c1. The summed E-state index contributed by atoms with van der Waals surface area (Å²) in [6.07, 6.45) is 0.541. The Morgan fingerprint density at radius 3 is 2.47 bits per heavy atom. The van der Waals surface area contributed by atoms with Gasteiger partial charge in [-0.2, -0.15) is 0 Å². The molecular formula is C21H21FN2O4S2. The van der Waals surface area contributed by atoms with Crippen molar-refractivity contribution in [2.45, 2.75) is 32.1 Å². The van der Waals surface area contributed by atoms with Crippen LogP contribution < -0.4 is 4.31 Å². The van der Waals surface area contributed by atoms with Crippen LogP contribution in [0.4, 0.5) is 10.2 Å². The molecule has 6 nitrogen and oxygen atoms in total. The summed E-state index contributed by atoms with van der Waals surface area (Å²) < 4.78 is 41.2. The molecular weight excluding hydrogens is 427 g/mol.